The number of pyridine rings is 1. The van der Waals surface area contributed by atoms with Crippen LogP contribution in [0.15, 0.2) is 42.0 Å². The number of rotatable bonds is 5. The van der Waals surface area contributed by atoms with Gasteiger partial charge in [-0.15, -0.1) is 11.3 Å². The van der Waals surface area contributed by atoms with Crippen molar-refractivity contribution in [3.8, 4) is 0 Å². The second-order valence-corrected chi connectivity index (χ2v) is 7.45. The number of amides is 1. The summed E-state index contributed by atoms with van der Waals surface area (Å²) in [5.74, 6) is -0.689. The molecular weight excluding hydrogens is 398 g/mol. The Labute approximate surface area is 171 Å². The zero-order chi connectivity index (χ0) is 20.3. The number of esters is 1. The Bertz CT molecular complexity index is 998. The third-order valence-corrected chi connectivity index (χ3v) is 5.08. The van der Waals surface area contributed by atoms with Crippen molar-refractivity contribution in [1.29, 1.82) is 0 Å². The number of hydrogen-bond donors (Lipinski definition) is 0. The fourth-order valence-corrected chi connectivity index (χ4v) is 4.01. The summed E-state index contributed by atoms with van der Waals surface area (Å²) in [6.07, 6.45) is 3.02. The third-order valence-electron chi connectivity index (χ3n) is 3.92. The number of halogens is 1. The van der Waals surface area contributed by atoms with Crippen molar-refractivity contribution in [2.45, 2.75) is 27.4 Å². The van der Waals surface area contributed by atoms with Crippen molar-refractivity contribution in [1.82, 2.24) is 9.97 Å². The number of anilines is 2. The summed E-state index contributed by atoms with van der Waals surface area (Å²) in [5.41, 5.74) is 3.40. The number of aryl methyl sites for hydroxylation is 2. The van der Waals surface area contributed by atoms with E-state index in [4.69, 9.17) is 16.3 Å². The molecule has 0 aliphatic carbocycles. The van der Waals surface area contributed by atoms with Gasteiger partial charge in [-0.1, -0.05) is 17.7 Å². The Morgan fingerprint density at radius 2 is 2.07 bits per heavy atom. The maximum Gasteiger partial charge on any atom is 0.340 e. The zero-order valence-electron chi connectivity index (χ0n) is 15.6. The number of ether oxygens (including phenoxy) is 1. The summed E-state index contributed by atoms with van der Waals surface area (Å²) >= 11 is 7.69. The van der Waals surface area contributed by atoms with E-state index in [0.29, 0.717) is 27.1 Å². The van der Waals surface area contributed by atoms with Crippen LogP contribution in [0.1, 0.15) is 34.1 Å². The summed E-state index contributed by atoms with van der Waals surface area (Å²) in [5, 5.41) is 2.69. The zero-order valence-corrected chi connectivity index (χ0v) is 17.2. The predicted octanol–water partition coefficient (Wildman–Crippen LogP) is 4.85. The van der Waals surface area contributed by atoms with Crippen LogP contribution >= 0.6 is 22.9 Å². The predicted molar refractivity (Wildman–Crippen MR) is 109 cm³/mol. The van der Waals surface area contributed by atoms with Crippen LogP contribution in [0.5, 0.6) is 0 Å². The second-order valence-electron chi connectivity index (χ2n) is 6.21. The van der Waals surface area contributed by atoms with E-state index in [0.717, 1.165) is 11.1 Å². The highest BCUT2D eigenvalue weighted by Crippen LogP contribution is 2.37. The monoisotopic (exact) mass is 415 g/mol. The van der Waals surface area contributed by atoms with Crippen LogP contribution in [0.25, 0.3) is 0 Å². The van der Waals surface area contributed by atoms with Gasteiger partial charge in [0.1, 0.15) is 6.61 Å². The Hall–Kier alpha value is -2.77. The summed E-state index contributed by atoms with van der Waals surface area (Å²) in [4.78, 5) is 34.2. The van der Waals surface area contributed by atoms with Gasteiger partial charge in [-0.3, -0.25) is 14.7 Å². The highest BCUT2D eigenvalue weighted by atomic mass is 35.5. The van der Waals surface area contributed by atoms with E-state index >= 15 is 0 Å². The van der Waals surface area contributed by atoms with Gasteiger partial charge < -0.3 is 4.74 Å². The van der Waals surface area contributed by atoms with Crippen molar-refractivity contribution < 1.29 is 14.3 Å². The molecule has 2 aromatic heterocycles. The van der Waals surface area contributed by atoms with Crippen molar-refractivity contribution in [2.75, 3.05) is 4.90 Å². The van der Waals surface area contributed by atoms with Crippen LogP contribution in [-0.2, 0) is 16.1 Å². The Morgan fingerprint density at radius 3 is 2.71 bits per heavy atom. The lowest BCUT2D eigenvalue weighted by Gasteiger charge is -2.22. The van der Waals surface area contributed by atoms with E-state index in [1.807, 2.05) is 26.0 Å². The van der Waals surface area contributed by atoms with E-state index in [1.54, 1.807) is 23.7 Å². The molecular formula is C20H18ClN3O3S. The Kier molecular flexibility index (Phi) is 6.06. The first-order chi connectivity index (χ1) is 13.4. The highest BCUT2D eigenvalue weighted by molar-refractivity contribution is 7.14. The molecule has 0 bridgehead atoms. The van der Waals surface area contributed by atoms with Gasteiger partial charge in [-0.05, 0) is 43.2 Å². The number of thiazole rings is 1. The van der Waals surface area contributed by atoms with E-state index in [-0.39, 0.29) is 12.5 Å². The van der Waals surface area contributed by atoms with Gasteiger partial charge in [0.05, 0.1) is 22.0 Å². The van der Waals surface area contributed by atoms with Gasteiger partial charge >= 0.3 is 5.97 Å². The molecule has 3 aromatic rings. The van der Waals surface area contributed by atoms with Crippen LogP contribution in [-0.4, -0.2) is 21.8 Å². The fourth-order valence-electron chi connectivity index (χ4n) is 2.75. The lowest BCUT2D eigenvalue weighted by Crippen LogP contribution is -2.24. The van der Waals surface area contributed by atoms with Crippen LogP contribution in [0.3, 0.4) is 0 Å². The van der Waals surface area contributed by atoms with Crippen molar-refractivity contribution >= 4 is 45.6 Å². The standard InChI is InChI=1S/C20H18ClN3O3S/c1-12-7-13(2)18(17(21)8-12)24(14(3)25)20-23-16(11-28-20)10-27-19(26)15-5-4-6-22-9-15/h4-9,11H,10H2,1-3H3. The van der Waals surface area contributed by atoms with E-state index < -0.39 is 5.97 Å². The summed E-state index contributed by atoms with van der Waals surface area (Å²) in [6.45, 7) is 5.29. The molecule has 0 radical (unpaired) electrons. The number of benzene rings is 1. The van der Waals surface area contributed by atoms with E-state index in [1.165, 1.54) is 29.4 Å². The quantitative estimate of drug-likeness (QED) is 0.557. The molecule has 8 heteroatoms. The molecule has 144 valence electrons. The molecule has 0 N–H and O–H groups in total. The molecule has 0 fully saturated rings. The number of aromatic nitrogens is 2. The molecule has 0 aliphatic heterocycles. The summed E-state index contributed by atoms with van der Waals surface area (Å²) < 4.78 is 5.27. The maximum atomic E-state index is 12.3. The Balaban J connectivity index is 1.81. The molecule has 28 heavy (non-hydrogen) atoms. The maximum absolute atomic E-state index is 12.3. The molecule has 0 spiro atoms. The first kappa shape index (κ1) is 20.0. The second kappa shape index (κ2) is 8.50. The van der Waals surface area contributed by atoms with E-state index in [2.05, 4.69) is 9.97 Å². The number of carbonyl (C=O) groups excluding carboxylic acids is 2. The topological polar surface area (TPSA) is 72.4 Å². The van der Waals surface area contributed by atoms with E-state index in [9.17, 15) is 9.59 Å². The molecule has 2 heterocycles. The molecule has 0 aliphatic rings. The molecule has 1 aromatic carbocycles. The van der Waals surface area contributed by atoms with Crippen LogP contribution in [0, 0.1) is 13.8 Å². The number of nitrogens with zero attached hydrogens (tertiary/aromatic N) is 3. The van der Waals surface area contributed by atoms with Gasteiger partial charge in [0.25, 0.3) is 0 Å². The first-order valence-electron chi connectivity index (χ1n) is 8.46. The summed E-state index contributed by atoms with van der Waals surface area (Å²) in [6, 6.07) is 7.06. The van der Waals surface area contributed by atoms with Gasteiger partial charge in [-0.2, -0.15) is 0 Å². The minimum atomic E-state index is -0.483. The molecule has 1 amide bonds. The minimum absolute atomic E-state index is 0.00339. The Morgan fingerprint density at radius 1 is 1.29 bits per heavy atom. The molecule has 0 atom stereocenters. The SMILES string of the molecule is CC(=O)N(c1nc(COC(=O)c2cccnc2)cs1)c1c(C)cc(C)cc1Cl. The molecule has 0 saturated carbocycles. The fraction of sp³-hybridized carbons (Fsp3) is 0.200. The van der Waals surface area contributed by atoms with Gasteiger partial charge in [0.15, 0.2) is 5.13 Å². The summed E-state index contributed by atoms with van der Waals surface area (Å²) in [7, 11) is 0. The van der Waals surface area contributed by atoms with Crippen LogP contribution in [0.2, 0.25) is 5.02 Å². The van der Waals surface area contributed by atoms with Crippen molar-refractivity contribution in [3.63, 3.8) is 0 Å². The van der Waals surface area contributed by atoms with Crippen molar-refractivity contribution in [2.24, 2.45) is 0 Å². The largest absolute Gasteiger partial charge is 0.456 e. The lowest BCUT2D eigenvalue weighted by atomic mass is 10.1. The molecule has 0 unspecified atom stereocenters. The normalized spacial score (nSPS) is 10.6. The number of hydrogen-bond acceptors (Lipinski definition) is 6. The third kappa shape index (κ3) is 4.37. The lowest BCUT2D eigenvalue weighted by molar-refractivity contribution is -0.115. The van der Waals surface area contributed by atoms with Gasteiger partial charge in [0.2, 0.25) is 5.91 Å². The molecule has 6 nitrogen and oxygen atoms in total. The van der Waals surface area contributed by atoms with Crippen molar-refractivity contribution in [3.05, 3.63) is 69.4 Å². The highest BCUT2D eigenvalue weighted by Gasteiger charge is 2.23. The number of carbonyl (C=O) groups is 2. The molecule has 0 saturated heterocycles. The van der Waals surface area contributed by atoms with Gasteiger partial charge in [0, 0.05) is 24.7 Å². The smallest absolute Gasteiger partial charge is 0.340 e. The van der Waals surface area contributed by atoms with Crippen LogP contribution < -0.4 is 4.90 Å². The minimum Gasteiger partial charge on any atom is -0.456 e. The average Bonchev–Trinajstić information content (AvgIpc) is 3.11. The first-order valence-corrected chi connectivity index (χ1v) is 9.71. The molecule has 3 rings (SSSR count). The van der Waals surface area contributed by atoms with Gasteiger partial charge in [-0.25, -0.2) is 9.78 Å². The van der Waals surface area contributed by atoms with Crippen LogP contribution in [0.4, 0.5) is 10.8 Å². The average molecular weight is 416 g/mol.